The van der Waals surface area contributed by atoms with E-state index >= 15 is 0 Å². The Bertz CT molecular complexity index is 1200. The summed E-state index contributed by atoms with van der Waals surface area (Å²) in [6, 6.07) is 24.3. The van der Waals surface area contributed by atoms with Crippen molar-refractivity contribution in [3.63, 3.8) is 0 Å². The maximum atomic E-state index is 5.24. The maximum absolute atomic E-state index is 5.24. The lowest BCUT2D eigenvalue weighted by Crippen LogP contribution is -2.09. The first-order valence-electron chi connectivity index (χ1n) is 11.5. The van der Waals surface area contributed by atoms with Crippen molar-refractivity contribution in [3.05, 3.63) is 117 Å². The molecular formula is C31H33N. The second-order valence-electron chi connectivity index (χ2n) is 9.20. The zero-order valence-electron chi connectivity index (χ0n) is 20.2. The molecule has 0 spiro atoms. The van der Waals surface area contributed by atoms with Gasteiger partial charge in [0.15, 0.2) is 0 Å². The van der Waals surface area contributed by atoms with Gasteiger partial charge in [0.25, 0.3) is 0 Å². The number of nitrogens with zero attached hydrogens (tertiary/aromatic N) is 1. The Morgan fingerprint density at radius 2 is 1.16 bits per heavy atom. The zero-order valence-corrected chi connectivity index (χ0v) is 20.2. The minimum Gasteiger partial charge on any atom is -0.284 e. The van der Waals surface area contributed by atoms with Gasteiger partial charge in [0, 0.05) is 12.6 Å². The molecule has 0 aromatic heterocycles. The molecule has 0 saturated heterocycles. The highest BCUT2D eigenvalue weighted by Gasteiger charge is 2.21. The first-order chi connectivity index (χ1) is 15.3. The number of hydrogen-bond donors (Lipinski definition) is 0. The molecule has 1 heteroatoms. The Kier molecular flexibility index (Phi) is 6.28. The van der Waals surface area contributed by atoms with E-state index in [9.17, 15) is 0 Å². The van der Waals surface area contributed by atoms with E-state index in [4.69, 9.17) is 4.99 Å². The van der Waals surface area contributed by atoms with E-state index < -0.39 is 0 Å². The second kappa shape index (κ2) is 9.12. The lowest BCUT2D eigenvalue weighted by Gasteiger charge is -2.23. The molecule has 162 valence electrons. The lowest BCUT2D eigenvalue weighted by atomic mass is 9.85. The number of fused-ring (bicyclic) bond motifs is 1. The van der Waals surface area contributed by atoms with Crippen LogP contribution in [0.15, 0.2) is 71.7 Å². The van der Waals surface area contributed by atoms with Crippen LogP contribution in [-0.4, -0.2) is 6.21 Å². The van der Waals surface area contributed by atoms with Gasteiger partial charge in [-0.3, -0.25) is 4.99 Å². The van der Waals surface area contributed by atoms with Gasteiger partial charge in [0.05, 0.1) is 0 Å². The van der Waals surface area contributed by atoms with Crippen molar-refractivity contribution in [1.29, 1.82) is 0 Å². The summed E-state index contributed by atoms with van der Waals surface area (Å²) in [5, 5.41) is 2.59. The lowest BCUT2D eigenvalue weighted by molar-refractivity contribution is 0.835. The molecule has 0 radical (unpaired) electrons. The fraction of sp³-hybridized carbons (Fsp3) is 0.258. The third-order valence-electron chi connectivity index (χ3n) is 6.47. The van der Waals surface area contributed by atoms with E-state index in [0.717, 1.165) is 6.42 Å². The predicted octanol–water partition coefficient (Wildman–Crippen LogP) is 8.09. The molecule has 0 heterocycles. The highest BCUT2D eigenvalue weighted by atomic mass is 14.8. The van der Waals surface area contributed by atoms with E-state index in [-0.39, 0.29) is 6.04 Å². The molecule has 0 aliphatic carbocycles. The van der Waals surface area contributed by atoms with Gasteiger partial charge >= 0.3 is 0 Å². The van der Waals surface area contributed by atoms with Gasteiger partial charge in [-0.05, 0) is 91.3 Å². The van der Waals surface area contributed by atoms with Crippen LogP contribution < -0.4 is 0 Å². The Hall–Kier alpha value is -3.19. The number of hydrogen-bond acceptors (Lipinski definition) is 1. The van der Waals surface area contributed by atoms with Crippen LogP contribution in [0.25, 0.3) is 10.8 Å². The Morgan fingerprint density at radius 3 is 1.72 bits per heavy atom. The monoisotopic (exact) mass is 419 g/mol. The molecule has 0 N–H and O–H groups in total. The second-order valence-corrected chi connectivity index (χ2v) is 9.20. The molecule has 0 aliphatic rings. The number of benzene rings is 4. The fourth-order valence-corrected chi connectivity index (χ4v) is 5.27. The first-order valence-corrected chi connectivity index (χ1v) is 11.5. The molecule has 0 fully saturated rings. The van der Waals surface area contributed by atoms with Gasteiger partial charge in [-0.2, -0.15) is 0 Å². The molecular weight excluding hydrogens is 386 g/mol. The van der Waals surface area contributed by atoms with Crippen LogP contribution in [0.1, 0.15) is 56.1 Å². The van der Waals surface area contributed by atoms with Crippen molar-refractivity contribution >= 4 is 17.0 Å². The number of aryl methyl sites for hydroxylation is 6. The van der Waals surface area contributed by atoms with Gasteiger partial charge in [0.2, 0.25) is 0 Å². The summed E-state index contributed by atoms with van der Waals surface area (Å²) in [6.07, 6.45) is 2.95. The molecule has 4 rings (SSSR count). The van der Waals surface area contributed by atoms with Crippen molar-refractivity contribution in [1.82, 2.24) is 0 Å². The molecule has 0 atom stereocenters. The summed E-state index contributed by atoms with van der Waals surface area (Å²) < 4.78 is 0. The molecule has 32 heavy (non-hydrogen) atoms. The van der Waals surface area contributed by atoms with Crippen LogP contribution >= 0.6 is 0 Å². The minimum atomic E-state index is 0.00572. The fourth-order valence-electron chi connectivity index (χ4n) is 5.27. The Labute approximate surface area is 192 Å². The van der Waals surface area contributed by atoms with Crippen LogP contribution in [0.4, 0.5) is 0 Å². The molecule has 0 bridgehead atoms. The highest BCUT2D eigenvalue weighted by Crippen LogP contribution is 2.36. The first kappa shape index (κ1) is 22.0. The quantitative estimate of drug-likeness (QED) is 0.290. The normalized spacial score (nSPS) is 11.7. The summed E-state index contributed by atoms with van der Waals surface area (Å²) in [5.74, 6) is 0. The topological polar surface area (TPSA) is 12.4 Å². The van der Waals surface area contributed by atoms with Gasteiger partial charge in [-0.1, -0.05) is 77.9 Å². The molecule has 0 amide bonds. The van der Waals surface area contributed by atoms with Crippen LogP contribution in [0.5, 0.6) is 0 Å². The molecule has 4 aromatic rings. The van der Waals surface area contributed by atoms with Crippen molar-refractivity contribution in [2.75, 3.05) is 0 Å². The van der Waals surface area contributed by atoms with E-state index in [2.05, 4.69) is 114 Å². The highest BCUT2D eigenvalue weighted by molar-refractivity contribution is 5.87. The van der Waals surface area contributed by atoms with Crippen molar-refractivity contribution in [3.8, 4) is 0 Å². The van der Waals surface area contributed by atoms with Crippen LogP contribution in [0.3, 0.4) is 0 Å². The molecule has 1 nitrogen and oxygen atoms in total. The Morgan fingerprint density at radius 1 is 0.656 bits per heavy atom. The largest absolute Gasteiger partial charge is 0.284 e. The number of aliphatic imine (C=N–C) groups is 1. The van der Waals surface area contributed by atoms with Crippen LogP contribution in [0, 0.1) is 41.5 Å². The number of rotatable bonds is 5. The van der Waals surface area contributed by atoms with Gasteiger partial charge < -0.3 is 0 Å². The van der Waals surface area contributed by atoms with E-state index in [1.165, 1.54) is 60.8 Å². The van der Waals surface area contributed by atoms with Crippen molar-refractivity contribution in [2.45, 2.75) is 54.0 Å². The minimum absolute atomic E-state index is 0.00572. The molecule has 0 aliphatic heterocycles. The van der Waals surface area contributed by atoms with Gasteiger partial charge in [-0.25, -0.2) is 0 Å². The summed E-state index contributed by atoms with van der Waals surface area (Å²) >= 11 is 0. The molecule has 0 unspecified atom stereocenters. The summed E-state index contributed by atoms with van der Waals surface area (Å²) in [5.41, 5.74) is 11.9. The SMILES string of the molecule is Cc1cc(C)c(C(N=CCc2cccc3ccccc23)c2c(C)cc(C)cc2C)c(C)c1. The van der Waals surface area contributed by atoms with E-state index in [1.807, 2.05) is 0 Å². The van der Waals surface area contributed by atoms with Gasteiger partial charge in [0.1, 0.15) is 6.04 Å². The summed E-state index contributed by atoms with van der Waals surface area (Å²) in [6.45, 7) is 13.2. The zero-order chi connectivity index (χ0) is 22.8. The molecule has 4 aromatic carbocycles. The Balaban J connectivity index is 1.80. The average molecular weight is 420 g/mol. The van der Waals surface area contributed by atoms with Gasteiger partial charge in [-0.15, -0.1) is 0 Å². The predicted molar refractivity (Wildman–Crippen MR) is 139 cm³/mol. The standard InChI is InChI=1S/C31H33N/c1-20-16-22(3)29(23(4)17-20)31(30-24(5)18-21(2)19-25(30)6)32-15-14-27-12-9-11-26-10-7-8-13-28(26)27/h7-13,15-19,31H,14H2,1-6H3. The van der Waals surface area contributed by atoms with Crippen LogP contribution in [-0.2, 0) is 6.42 Å². The van der Waals surface area contributed by atoms with E-state index in [0.29, 0.717) is 0 Å². The summed E-state index contributed by atoms with van der Waals surface area (Å²) in [7, 11) is 0. The third kappa shape index (κ3) is 4.39. The third-order valence-corrected chi connectivity index (χ3v) is 6.47. The van der Waals surface area contributed by atoms with Crippen molar-refractivity contribution < 1.29 is 0 Å². The van der Waals surface area contributed by atoms with E-state index in [1.54, 1.807) is 0 Å². The smallest absolute Gasteiger partial charge is 0.101 e. The maximum Gasteiger partial charge on any atom is 0.101 e. The summed E-state index contributed by atoms with van der Waals surface area (Å²) in [4.78, 5) is 5.24. The average Bonchev–Trinajstić information content (AvgIpc) is 2.72. The molecule has 0 saturated carbocycles. The van der Waals surface area contributed by atoms with Crippen LogP contribution in [0.2, 0.25) is 0 Å². The van der Waals surface area contributed by atoms with Crippen molar-refractivity contribution in [2.24, 2.45) is 4.99 Å².